The standard InChI is InChI=1S/C20H23O4Se/c1-5-23-19(21)17-12-16(14(3)15-10-8-7-9-11-15)13-18(25(17)4)20(22)24-6-2/h7-13H,5-6H2,1-4H3/q+1. The summed E-state index contributed by atoms with van der Waals surface area (Å²) in [5.74, 6) is 1.26. The average molecular weight is 406 g/mol. The van der Waals surface area contributed by atoms with Crippen LogP contribution in [0.5, 0.6) is 0 Å². The summed E-state index contributed by atoms with van der Waals surface area (Å²) in [5, 5.41) is 0. The van der Waals surface area contributed by atoms with Gasteiger partial charge >= 0.3 is 153 Å². The normalized spacial score (nSPS) is 16.6. The van der Waals surface area contributed by atoms with E-state index < -0.39 is 13.9 Å². The summed E-state index contributed by atoms with van der Waals surface area (Å²) in [6, 6.07) is 9.89. The van der Waals surface area contributed by atoms with E-state index in [1.54, 1.807) is 13.8 Å². The fraction of sp³-hybridized carbons (Fsp3) is 0.300. The van der Waals surface area contributed by atoms with E-state index in [2.05, 4.69) is 0 Å². The molecule has 132 valence electrons. The number of hydrogen-bond donors (Lipinski definition) is 0. The molecule has 0 saturated heterocycles. The van der Waals surface area contributed by atoms with Crippen LogP contribution in [0.25, 0.3) is 5.57 Å². The summed E-state index contributed by atoms with van der Waals surface area (Å²) >= 11 is -1.78. The first kappa shape index (κ1) is 19.2. The molecule has 1 aromatic rings. The van der Waals surface area contributed by atoms with Gasteiger partial charge in [0.1, 0.15) is 0 Å². The third kappa shape index (κ3) is 4.50. The quantitative estimate of drug-likeness (QED) is 0.553. The molecule has 0 aromatic heterocycles. The van der Waals surface area contributed by atoms with E-state index in [1.807, 2.05) is 55.2 Å². The van der Waals surface area contributed by atoms with Crippen molar-refractivity contribution in [2.75, 3.05) is 13.2 Å². The molecular formula is C20H23O4Se+. The van der Waals surface area contributed by atoms with Crippen molar-refractivity contribution >= 4 is 31.4 Å². The van der Waals surface area contributed by atoms with Crippen molar-refractivity contribution in [1.82, 2.24) is 0 Å². The van der Waals surface area contributed by atoms with Crippen LogP contribution >= 0.6 is 0 Å². The monoisotopic (exact) mass is 407 g/mol. The molecular weight excluding hydrogens is 383 g/mol. The molecule has 0 unspecified atom stereocenters. The van der Waals surface area contributed by atoms with Gasteiger partial charge in [0.05, 0.1) is 0 Å². The first-order chi connectivity index (χ1) is 12.0. The van der Waals surface area contributed by atoms with E-state index in [9.17, 15) is 9.59 Å². The van der Waals surface area contributed by atoms with Crippen molar-refractivity contribution in [3.05, 3.63) is 62.6 Å². The summed E-state index contributed by atoms with van der Waals surface area (Å²) in [4.78, 5) is 24.8. The van der Waals surface area contributed by atoms with Gasteiger partial charge in [0, 0.05) is 0 Å². The number of benzene rings is 1. The van der Waals surface area contributed by atoms with Gasteiger partial charge in [-0.15, -0.1) is 0 Å². The van der Waals surface area contributed by atoms with Gasteiger partial charge in [-0.2, -0.15) is 0 Å². The second-order valence-electron chi connectivity index (χ2n) is 5.41. The number of ether oxygens (including phenoxy) is 2. The first-order valence-electron chi connectivity index (χ1n) is 8.19. The van der Waals surface area contributed by atoms with Gasteiger partial charge in [-0.25, -0.2) is 0 Å². The van der Waals surface area contributed by atoms with Gasteiger partial charge in [-0.05, 0) is 0 Å². The Balaban J connectivity index is 2.54. The number of esters is 2. The van der Waals surface area contributed by atoms with Crippen molar-refractivity contribution in [3.8, 4) is 0 Å². The number of hydrogen-bond acceptors (Lipinski definition) is 4. The van der Waals surface area contributed by atoms with Crippen molar-refractivity contribution < 1.29 is 19.1 Å². The molecule has 2 rings (SSSR count). The zero-order chi connectivity index (χ0) is 18.4. The molecule has 1 heterocycles. The summed E-state index contributed by atoms with van der Waals surface area (Å²) in [7, 11) is 0. The van der Waals surface area contributed by atoms with Crippen LogP contribution in [0.1, 0.15) is 26.3 Å². The number of rotatable bonds is 5. The van der Waals surface area contributed by atoms with Crippen LogP contribution in [-0.4, -0.2) is 39.1 Å². The molecule has 1 aliphatic heterocycles. The predicted octanol–water partition coefficient (Wildman–Crippen LogP) is 3.66. The Morgan fingerprint density at radius 3 is 1.84 bits per heavy atom. The maximum absolute atomic E-state index is 12.4. The van der Waals surface area contributed by atoms with E-state index in [1.165, 1.54) is 0 Å². The molecule has 1 aliphatic rings. The third-order valence-corrected chi connectivity index (χ3v) is 7.79. The molecule has 0 N–H and O–H groups in total. The van der Waals surface area contributed by atoms with Crippen LogP contribution in [0.2, 0.25) is 5.82 Å². The Kier molecular flexibility index (Phi) is 6.80. The molecule has 1 aromatic carbocycles. The molecule has 5 heteroatoms. The third-order valence-electron chi connectivity index (χ3n) is 3.83. The minimum atomic E-state index is -1.78. The first-order valence-corrected chi connectivity index (χ1v) is 11.6. The molecule has 0 radical (unpaired) electrons. The van der Waals surface area contributed by atoms with Gasteiger partial charge in [0.2, 0.25) is 0 Å². The average Bonchev–Trinajstić information content (AvgIpc) is 2.62. The van der Waals surface area contributed by atoms with Crippen molar-refractivity contribution in [2.24, 2.45) is 0 Å². The van der Waals surface area contributed by atoms with Gasteiger partial charge < -0.3 is 0 Å². The van der Waals surface area contributed by atoms with Crippen molar-refractivity contribution in [1.29, 1.82) is 0 Å². The molecule has 0 atom stereocenters. The predicted molar refractivity (Wildman–Crippen MR) is 100 cm³/mol. The zero-order valence-corrected chi connectivity index (χ0v) is 16.7. The van der Waals surface area contributed by atoms with E-state index in [-0.39, 0.29) is 11.9 Å². The summed E-state index contributed by atoms with van der Waals surface area (Å²) in [6.07, 6.45) is 3.74. The number of carbonyl (C=O) groups excluding carboxylic acids is 2. The topological polar surface area (TPSA) is 52.6 Å². The molecule has 0 spiro atoms. The van der Waals surface area contributed by atoms with Crippen LogP contribution in [0.4, 0.5) is 0 Å². The Morgan fingerprint density at radius 2 is 1.40 bits per heavy atom. The summed E-state index contributed by atoms with van der Waals surface area (Å²) in [5.41, 5.74) is 2.90. The Hall–Kier alpha value is -2.10. The minimum absolute atomic E-state index is 0.310. The van der Waals surface area contributed by atoms with E-state index >= 15 is 0 Å². The van der Waals surface area contributed by atoms with Crippen LogP contribution in [0.3, 0.4) is 0 Å². The van der Waals surface area contributed by atoms with Crippen LogP contribution in [-0.2, 0) is 19.1 Å². The summed E-state index contributed by atoms with van der Waals surface area (Å²) < 4.78 is 11.6. The molecule has 0 fully saturated rings. The fourth-order valence-electron chi connectivity index (χ4n) is 2.46. The zero-order valence-electron chi connectivity index (χ0n) is 15.0. The molecule has 0 saturated carbocycles. The van der Waals surface area contributed by atoms with Crippen LogP contribution in [0, 0.1) is 0 Å². The number of carbonyl (C=O) groups is 2. The Bertz CT molecular complexity index is 706. The van der Waals surface area contributed by atoms with Crippen LogP contribution in [0.15, 0.2) is 57.0 Å². The molecule has 25 heavy (non-hydrogen) atoms. The SMILES string of the molecule is CCOC(=O)C1=CC(=C(C)c2ccccc2)C=C(C(=O)OCC)[Se+]1C. The Labute approximate surface area is 153 Å². The fourth-order valence-corrected chi connectivity index (χ4v) is 5.53. The maximum atomic E-state index is 12.4. The molecule has 0 aliphatic carbocycles. The van der Waals surface area contributed by atoms with Gasteiger partial charge in [-0.1, -0.05) is 0 Å². The Morgan fingerprint density at radius 1 is 0.920 bits per heavy atom. The molecule has 0 bridgehead atoms. The van der Waals surface area contributed by atoms with E-state index in [4.69, 9.17) is 9.47 Å². The van der Waals surface area contributed by atoms with Crippen molar-refractivity contribution in [2.45, 2.75) is 26.6 Å². The van der Waals surface area contributed by atoms with E-state index in [0.717, 1.165) is 16.7 Å². The molecule has 4 nitrogen and oxygen atoms in total. The van der Waals surface area contributed by atoms with Gasteiger partial charge in [-0.3, -0.25) is 0 Å². The van der Waals surface area contributed by atoms with Crippen LogP contribution < -0.4 is 0 Å². The second-order valence-corrected chi connectivity index (χ2v) is 9.40. The van der Waals surface area contributed by atoms with Gasteiger partial charge in [0.15, 0.2) is 0 Å². The molecule has 0 amide bonds. The van der Waals surface area contributed by atoms with E-state index in [0.29, 0.717) is 22.2 Å². The van der Waals surface area contributed by atoms with Gasteiger partial charge in [0.25, 0.3) is 0 Å². The van der Waals surface area contributed by atoms with Crippen molar-refractivity contribution in [3.63, 3.8) is 0 Å². The summed E-state index contributed by atoms with van der Waals surface area (Å²) in [6.45, 7) is 6.16. The number of allylic oxidation sites excluding steroid dienone is 4. The second kappa shape index (κ2) is 8.84.